The molecule has 0 aliphatic carbocycles. The molecule has 2 aromatic carbocycles. The van der Waals surface area contributed by atoms with Crippen LogP contribution in [0.3, 0.4) is 0 Å². The highest BCUT2D eigenvalue weighted by Gasteiger charge is 2.18. The number of hydrogen-bond donors (Lipinski definition) is 0. The van der Waals surface area contributed by atoms with Crippen molar-refractivity contribution in [3.8, 4) is 23.0 Å². The lowest BCUT2D eigenvalue weighted by molar-refractivity contribution is 0.0472. The maximum atomic E-state index is 12.4. The van der Waals surface area contributed by atoms with Gasteiger partial charge in [0, 0.05) is 12.8 Å². The molecule has 0 unspecified atom stereocenters. The maximum Gasteiger partial charge on any atom is 0.338 e. The molecule has 6 nitrogen and oxygen atoms in total. The van der Waals surface area contributed by atoms with E-state index in [0.29, 0.717) is 60.0 Å². The minimum Gasteiger partial charge on any atom is -0.490 e. The summed E-state index contributed by atoms with van der Waals surface area (Å²) < 4.78 is 27.9. The molecular weight excluding hydrogens is 372 g/mol. The Morgan fingerprint density at radius 2 is 1.59 bits per heavy atom. The van der Waals surface area contributed by atoms with Crippen molar-refractivity contribution in [2.75, 3.05) is 26.4 Å². The summed E-state index contributed by atoms with van der Waals surface area (Å²) in [7, 11) is 0. The molecular formula is C20H19ClO6. The Bertz CT molecular complexity index is 851. The lowest BCUT2D eigenvalue weighted by Crippen LogP contribution is -2.06. The van der Waals surface area contributed by atoms with Gasteiger partial charge in [-0.05, 0) is 35.9 Å². The summed E-state index contributed by atoms with van der Waals surface area (Å²) in [5.74, 6) is 1.85. The fraction of sp³-hybridized carbons (Fsp3) is 0.350. The van der Waals surface area contributed by atoms with E-state index >= 15 is 0 Å². The summed E-state index contributed by atoms with van der Waals surface area (Å²) in [5.41, 5.74) is 1.13. The smallest absolute Gasteiger partial charge is 0.338 e. The molecule has 0 radical (unpaired) electrons. The van der Waals surface area contributed by atoms with Gasteiger partial charge in [-0.2, -0.15) is 0 Å². The molecule has 0 atom stereocenters. The van der Waals surface area contributed by atoms with E-state index in [2.05, 4.69) is 0 Å². The number of carbonyl (C=O) groups excluding carboxylic acids is 1. The van der Waals surface area contributed by atoms with Crippen LogP contribution in [0.1, 0.15) is 28.8 Å². The van der Waals surface area contributed by atoms with Gasteiger partial charge in [-0.3, -0.25) is 0 Å². The molecule has 0 aromatic heterocycles. The molecule has 2 aliphatic heterocycles. The molecule has 27 heavy (non-hydrogen) atoms. The molecule has 0 amide bonds. The number of rotatable bonds is 3. The molecule has 7 heteroatoms. The molecule has 2 aromatic rings. The summed E-state index contributed by atoms with van der Waals surface area (Å²) in [5, 5.41) is 0.441. The lowest BCUT2D eigenvalue weighted by Gasteiger charge is -2.12. The van der Waals surface area contributed by atoms with Gasteiger partial charge < -0.3 is 23.7 Å². The minimum absolute atomic E-state index is 0.0731. The predicted octanol–water partition coefficient (Wildman–Crippen LogP) is 4.02. The first-order chi connectivity index (χ1) is 13.2. The zero-order valence-corrected chi connectivity index (χ0v) is 15.4. The van der Waals surface area contributed by atoms with Crippen molar-refractivity contribution >= 4 is 17.6 Å². The zero-order chi connectivity index (χ0) is 18.6. The van der Waals surface area contributed by atoms with Gasteiger partial charge in [-0.25, -0.2) is 4.79 Å². The van der Waals surface area contributed by atoms with E-state index in [9.17, 15) is 4.79 Å². The van der Waals surface area contributed by atoms with E-state index in [-0.39, 0.29) is 6.61 Å². The summed E-state index contributed by atoms with van der Waals surface area (Å²) in [4.78, 5) is 12.4. The number of fused-ring (bicyclic) bond motifs is 2. The van der Waals surface area contributed by atoms with Gasteiger partial charge in [0.1, 0.15) is 6.61 Å². The molecule has 0 N–H and O–H groups in total. The Kier molecular flexibility index (Phi) is 5.25. The summed E-state index contributed by atoms with van der Waals surface area (Å²) in [6.45, 7) is 2.35. The summed E-state index contributed by atoms with van der Waals surface area (Å²) >= 11 is 6.27. The highest BCUT2D eigenvalue weighted by Crippen LogP contribution is 2.38. The van der Waals surface area contributed by atoms with Crippen LogP contribution in [0.4, 0.5) is 0 Å². The van der Waals surface area contributed by atoms with Crippen LogP contribution in [0.2, 0.25) is 5.02 Å². The molecule has 2 heterocycles. The van der Waals surface area contributed by atoms with Gasteiger partial charge in [0.2, 0.25) is 0 Å². The van der Waals surface area contributed by atoms with E-state index in [1.807, 2.05) is 0 Å². The zero-order valence-electron chi connectivity index (χ0n) is 14.7. The van der Waals surface area contributed by atoms with E-state index in [0.717, 1.165) is 18.4 Å². The standard InChI is InChI=1S/C20H19ClO6/c21-15-9-13(10-18-19(15)26-8-2-7-25-18)12-27-20(22)14-3-4-16-17(11-14)24-6-1-5-23-16/h3-4,9-11H,1-2,5-8,12H2. The van der Waals surface area contributed by atoms with Gasteiger partial charge in [-0.15, -0.1) is 0 Å². The van der Waals surface area contributed by atoms with E-state index in [1.54, 1.807) is 30.3 Å². The largest absolute Gasteiger partial charge is 0.490 e. The molecule has 4 rings (SSSR count). The second-order valence-electron chi connectivity index (χ2n) is 6.24. The monoisotopic (exact) mass is 390 g/mol. The SMILES string of the molecule is O=C(OCc1cc(Cl)c2c(c1)OCCCO2)c1ccc2c(c1)OCCCO2. The van der Waals surface area contributed by atoms with Crippen LogP contribution >= 0.6 is 11.6 Å². The number of ether oxygens (including phenoxy) is 5. The normalized spacial score (nSPS) is 15.4. The van der Waals surface area contributed by atoms with Crippen molar-refractivity contribution in [3.63, 3.8) is 0 Å². The molecule has 2 aliphatic rings. The molecule has 142 valence electrons. The van der Waals surface area contributed by atoms with Crippen LogP contribution in [0.15, 0.2) is 30.3 Å². The fourth-order valence-corrected chi connectivity index (χ4v) is 3.18. The molecule has 0 spiro atoms. The van der Waals surface area contributed by atoms with Gasteiger partial charge in [0.05, 0.1) is 37.0 Å². The Hall–Kier alpha value is -2.60. The number of hydrogen-bond acceptors (Lipinski definition) is 6. The van der Waals surface area contributed by atoms with Crippen LogP contribution in [-0.4, -0.2) is 32.4 Å². The summed E-state index contributed by atoms with van der Waals surface area (Å²) in [6.07, 6.45) is 1.60. The quantitative estimate of drug-likeness (QED) is 0.737. The van der Waals surface area contributed by atoms with Crippen molar-refractivity contribution in [1.82, 2.24) is 0 Å². The third-order valence-corrected chi connectivity index (χ3v) is 4.50. The lowest BCUT2D eigenvalue weighted by atomic mass is 10.2. The van der Waals surface area contributed by atoms with Gasteiger partial charge >= 0.3 is 5.97 Å². The second-order valence-corrected chi connectivity index (χ2v) is 6.65. The Labute approximate surface area is 161 Å². The van der Waals surface area contributed by atoms with Crippen molar-refractivity contribution in [1.29, 1.82) is 0 Å². The van der Waals surface area contributed by atoms with Crippen molar-refractivity contribution in [2.24, 2.45) is 0 Å². The Morgan fingerprint density at radius 3 is 2.41 bits per heavy atom. The average molecular weight is 391 g/mol. The number of carbonyl (C=O) groups is 1. The van der Waals surface area contributed by atoms with E-state index < -0.39 is 5.97 Å². The van der Waals surface area contributed by atoms with Crippen molar-refractivity contribution in [3.05, 3.63) is 46.5 Å². The van der Waals surface area contributed by atoms with Gasteiger partial charge in [-0.1, -0.05) is 11.6 Å². The second kappa shape index (κ2) is 7.96. The van der Waals surface area contributed by atoms with Gasteiger partial charge in [0.25, 0.3) is 0 Å². The summed E-state index contributed by atoms with van der Waals surface area (Å²) in [6, 6.07) is 8.53. The Morgan fingerprint density at radius 1 is 0.889 bits per heavy atom. The first-order valence-corrected chi connectivity index (χ1v) is 9.23. The van der Waals surface area contributed by atoms with Gasteiger partial charge in [0.15, 0.2) is 23.0 Å². The number of esters is 1. The third-order valence-electron chi connectivity index (χ3n) is 4.22. The van der Waals surface area contributed by atoms with Crippen LogP contribution in [0, 0.1) is 0 Å². The van der Waals surface area contributed by atoms with Crippen LogP contribution in [0.5, 0.6) is 23.0 Å². The highest BCUT2D eigenvalue weighted by molar-refractivity contribution is 6.32. The molecule has 0 fully saturated rings. The number of benzene rings is 2. The highest BCUT2D eigenvalue weighted by atomic mass is 35.5. The maximum absolute atomic E-state index is 12.4. The van der Waals surface area contributed by atoms with E-state index in [4.69, 9.17) is 35.3 Å². The topological polar surface area (TPSA) is 63.2 Å². The number of halogens is 1. The van der Waals surface area contributed by atoms with Crippen molar-refractivity contribution < 1.29 is 28.5 Å². The first kappa shape index (κ1) is 17.8. The molecule has 0 saturated carbocycles. The van der Waals surface area contributed by atoms with Crippen molar-refractivity contribution in [2.45, 2.75) is 19.4 Å². The molecule has 0 saturated heterocycles. The van der Waals surface area contributed by atoms with Crippen LogP contribution in [0.25, 0.3) is 0 Å². The predicted molar refractivity (Wildman–Crippen MR) is 98.2 cm³/mol. The third kappa shape index (κ3) is 4.06. The Balaban J connectivity index is 1.46. The molecule has 0 bridgehead atoms. The van der Waals surface area contributed by atoms with Crippen LogP contribution in [-0.2, 0) is 11.3 Å². The van der Waals surface area contributed by atoms with E-state index in [1.165, 1.54) is 0 Å². The minimum atomic E-state index is -0.450. The van der Waals surface area contributed by atoms with Crippen LogP contribution < -0.4 is 18.9 Å². The first-order valence-electron chi connectivity index (χ1n) is 8.85. The fourth-order valence-electron chi connectivity index (χ4n) is 2.89. The average Bonchev–Trinajstić information content (AvgIpc) is 3.06.